The van der Waals surface area contributed by atoms with Crippen molar-refractivity contribution >= 4 is 15.9 Å². The zero-order valence-corrected chi connectivity index (χ0v) is 15.2. The van der Waals surface area contributed by atoms with Gasteiger partial charge in [0.2, 0.25) is 10.0 Å². The van der Waals surface area contributed by atoms with Gasteiger partial charge >= 0.3 is 0 Å². The van der Waals surface area contributed by atoms with E-state index in [-0.39, 0.29) is 10.8 Å². The van der Waals surface area contributed by atoms with Gasteiger partial charge in [-0.3, -0.25) is 4.79 Å². The first-order chi connectivity index (χ1) is 11.4. The molecule has 1 amide bonds. The molecule has 0 aromatic heterocycles. The van der Waals surface area contributed by atoms with Crippen LogP contribution in [0.4, 0.5) is 0 Å². The summed E-state index contributed by atoms with van der Waals surface area (Å²) in [6.45, 7) is 6.15. The molecule has 1 fully saturated rings. The van der Waals surface area contributed by atoms with E-state index in [4.69, 9.17) is 0 Å². The Labute approximate surface area is 144 Å². The second-order valence-electron chi connectivity index (χ2n) is 6.37. The van der Waals surface area contributed by atoms with Crippen LogP contribution in [0.2, 0.25) is 0 Å². The molecule has 0 unspecified atom stereocenters. The third-order valence-corrected chi connectivity index (χ3v) is 5.90. The highest BCUT2D eigenvalue weighted by Gasteiger charge is 2.16. The number of sulfonamides is 1. The Balaban J connectivity index is 1.79. The molecular formula is C17H27N3O3S. The number of amides is 1. The maximum Gasteiger partial charge on any atom is 0.251 e. The molecule has 1 aromatic carbocycles. The number of nitrogens with one attached hydrogen (secondary N) is 2. The molecule has 0 atom stereocenters. The van der Waals surface area contributed by atoms with Gasteiger partial charge < -0.3 is 10.2 Å². The van der Waals surface area contributed by atoms with Crippen molar-refractivity contribution in [3.8, 4) is 0 Å². The van der Waals surface area contributed by atoms with Crippen LogP contribution in [-0.4, -0.2) is 52.5 Å². The van der Waals surface area contributed by atoms with E-state index in [0.717, 1.165) is 32.0 Å². The number of rotatable bonds is 7. The minimum atomic E-state index is -3.54. The molecule has 1 heterocycles. The van der Waals surface area contributed by atoms with Crippen molar-refractivity contribution in [2.75, 3.05) is 33.2 Å². The van der Waals surface area contributed by atoms with Crippen LogP contribution < -0.4 is 10.0 Å². The first kappa shape index (κ1) is 18.9. The topological polar surface area (TPSA) is 78.5 Å². The second-order valence-corrected chi connectivity index (χ2v) is 8.26. The summed E-state index contributed by atoms with van der Waals surface area (Å²) in [7, 11) is -2.18. The van der Waals surface area contributed by atoms with Crippen LogP contribution in [0.5, 0.6) is 0 Å². The highest BCUT2D eigenvalue weighted by molar-refractivity contribution is 7.89. The van der Waals surface area contributed by atoms with Crippen molar-refractivity contribution < 1.29 is 13.2 Å². The van der Waals surface area contributed by atoms with Gasteiger partial charge in [-0.25, -0.2) is 13.1 Å². The monoisotopic (exact) mass is 353 g/mol. The summed E-state index contributed by atoms with van der Waals surface area (Å²) < 4.78 is 25.8. The Hall–Kier alpha value is -1.44. The molecule has 1 aliphatic heterocycles. The van der Waals surface area contributed by atoms with Gasteiger partial charge in [-0.2, -0.15) is 0 Å². The van der Waals surface area contributed by atoms with Crippen LogP contribution in [0, 0.1) is 5.92 Å². The van der Waals surface area contributed by atoms with Crippen molar-refractivity contribution in [1.29, 1.82) is 0 Å². The number of nitrogens with zero attached hydrogens (tertiary/aromatic N) is 1. The molecule has 0 saturated carbocycles. The van der Waals surface area contributed by atoms with Crippen LogP contribution in [0.25, 0.3) is 0 Å². The Morgan fingerprint density at radius 3 is 2.67 bits per heavy atom. The SMILES string of the molecule is CNS(=O)(=O)c1cccc(C(=O)NCCCN2CCC(C)CC2)c1. The fraction of sp³-hybridized carbons (Fsp3) is 0.588. The van der Waals surface area contributed by atoms with Gasteiger partial charge in [0.15, 0.2) is 0 Å². The number of likely N-dealkylation sites (tertiary alicyclic amines) is 1. The molecular weight excluding hydrogens is 326 g/mol. The number of piperidine rings is 1. The van der Waals surface area contributed by atoms with Crippen molar-refractivity contribution in [3.05, 3.63) is 29.8 Å². The summed E-state index contributed by atoms with van der Waals surface area (Å²) in [4.78, 5) is 14.7. The van der Waals surface area contributed by atoms with E-state index >= 15 is 0 Å². The molecule has 0 aliphatic carbocycles. The Kier molecular flexibility index (Phi) is 6.77. The zero-order valence-electron chi connectivity index (χ0n) is 14.4. The molecule has 7 heteroatoms. The average molecular weight is 353 g/mol. The average Bonchev–Trinajstić information content (AvgIpc) is 2.60. The molecule has 24 heavy (non-hydrogen) atoms. The summed E-state index contributed by atoms with van der Waals surface area (Å²) in [5.74, 6) is 0.581. The minimum Gasteiger partial charge on any atom is -0.352 e. The third kappa shape index (κ3) is 5.29. The molecule has 134 valence electrons. The lowest BCUT2D eigenvalue weighted by atomic mass is 9.99. The van der Waals surface area contributed by atoms with Crippen molar-refractivity contribution in [1.82, 2.24) is 14.9 Å². The van der Waals surface area contributed by atoms with Crippen molar-refractivity contribution in [2.24, 2.45) is 5.92 Å². The number of carbonyl (C=O) groups is 1. The fourth-order valence-corrected chi connectivity index (χ4v) is 3.59. The fourth-order valence-electron chi connectivity index (χ4n) is 2.81. The normalized spacial score (nSPS) is 16.9. The molecule has 1 aliphatic rings. The van der Waals surface area contributed by atoms with Gasteiger partial charge in [0, 0.05) is 12.1 Å². The summed E-state index contributed by atoms with van der Waals surface area (Å²) >= 11 is 0. The Bertz CT molecular complexity index is 653. The lowest BCUT2D eigenvalue weighted by Gasteiger charge is -2.30. The maximum absolute atomic E-state index is 12.2. The molecule has 1 saturated heterocycles. The van der Waals surface area contributed by atoms with E-state index in [1.165, 1.54) is 32.0 Å². The van der Waals surface area contributed by atoms with Gasteiger partial charge in [0.05, 0.1) is 4.90 Å². The van der Waals surface area contributed by atoms with Crippen LogP contribution in [0.1, 0.15) is 36.5 Å². The van der Waals surface area contributed by atoms with Crippen molar-refractivity contribution in [2.45, 2.75) is 31.1 Å². The molecule has 1 aromatic rings. The standard InChI is InChI=1S/C17H27N3O3S/c1-14-7-11-20(12-8-14)10-4-9-19-17(21)15-5-3-6-16(13-15)24(22,23)18-2/h3,5-6,13-14,18H,4,7-12H2,1-2H3,(H,19,21). The van der Waals surface area contributed by atoms with Gasteiger partial charge in [0.25, 0.3) is 5.91 Å². The summed E-state index contributed by atoms with van der Waals surface area (Å²) in [6, 6.07) is 6.07. The number of carbonyl (C=O) groups excluding carboxylic acids is 1. The van der Waals surface area contributed by atoms with Crippen LogP contribution in [0.15, 0.2) is 29.2 Å². The molecule has 2 rings (SSSR count). The molecule has 0 spiro atoms. The largest absolute Gasteiger partial charge is 0.352 e. The van der Waals surface area contributed by atoms with Crippen LogP contribution in [-0.2, 0) is 10.0 Å². The first-order valence-corrected chi connectivity index (χ1v) is 9.95. The summed E-state index contributed by atoms with van der Waals surface area (Å²) in [5.41, 5.74) is 0.359. The quantitative estimate of drug-likeness (QED) is 0.727. The highest BCUT2D eigenvalue weighted by Crippen LogP contribution is 2.15. The second kappa shape index (κ2) is 8.60. The van der Waals surface area contributed by atoms with Crippen LogP contribution in [0.3, 0.4) is 0 Å². The van der Waals surface area contributed by atoms with E-state index in [2.05, 4.69) is 21.9 Å². The molecule has 6 nitrogen and oxygen atoms in total. The van der Waals surface area contributed by atoms with E-state index in [1.54, 1.807) is 12.1 Å². The predicted molar refractivity (Wildman–Crippen MR) is 94.5 cm³/mol. The van der Waals surface area contributed by atoms with Gasteiger partial charge in [0.1, 0.15) is 0 Å². The lowest BCUT2D eigenvalue weighted by Crippen LogP contribution is -2.35. The Morgan fingerprint density at radius 2 is 2.00 bits per heavy atom. The number of hydrogen-bond donors (Lipinski definition) is 2. The lowest BCUT2D eigenvalue weighted by molar-refractivity contribution is 0.0950. The summed E-state index contributed by atoms with van der Waals surface area (Å²) in [5, 5.41) is 2.86. The smallest absolute Gasteiger partial charge is 0.251 e. The van der Waals surface area contributed by atoms with Crippen molar-refractivity contribution in [3.63, 3.8) is 0 Å². The number of benzene rings is 1. The van der Waals surface area contributed by atoms with Gasteiger partial charge in [-0.05, 0) is 70.1 Å². The van der Waals surface area contributed by atoms with Crippen LogP contribution >= 0.6 is 0 Å². The molecule has 0 bridgehead atoms. The maximum atomic E-state index is 12.2. The van der Waals surface area contributed by atoms with Gasteiger partial charge in [-0.1, -0.05) is 13.0 Å². The highest BCUT2D eigenvalue weighted by atomic mass is 32.2. The molecule has 0 radical (unpaired) electrons. The predicted octanol–water partition coefficient (Wildman–Crippen LogP) is 1.45. The Morgan fingerprint density at radius 1 is 1.29 bits per heavy atom. The number of hydrogen-bond acceptors (Lipinski definition) is 4. The first-order valence-electron chi connectivity index (χ1n) is 8.46. The minimum absolute atomic E-state index is 0.0973. The van der Waals surface area contributed by atoms with Gasteiger partial charge in [-0.15, -0.1) is 0 Å². The third-order valence-electron chi connectivity index (χ3n) is 4.49. The van der Waals surface area contributed by atoms with E-state index < -0.39 is 10.0 Å². The van der Waals surface area contributed by atoms with E-state index in [9.17, 15) is 13.2 Å². The molecule has 2 N–H and O–H groups in total. The van der Waals surface area contributed by atoms with E-state index in [1.807, 2.05) is 0 Å². The van der Waals surface area contributed by atoms with E-state index in [0.29, 0.717) is 12.1 Å². The summed E-state index contributed by atoms with van der Waals surface area (Å²) in [6.07, 6.45) is 3.40. The zero-order chi connectivity index (χ0) is 17.6.